The van der Waals surface area contributed by atoms with Crippen molar-refractivity contribution >= 4 is 48.6 Å². The Hall–Kier alpha value is -7.00. The molecule has 274 valence electrons. The zero-order valence-corrected chi connectivity index (χ0v) is 33.0. The van der Waals surface area contributed by atoms with Crippen LogP contribution in [-0.4, -0.2) is 0 Å². The van der Waals surface area contributed by atoms with E-state index in [1.165, 1.54) is 81.4 Å². The van der Waals surface area contributed by atoms with E-state index in [0.717, 1.165) is 17.1 Å². The summed E-state index contributed by atoms with van der Waals surface area (Å²) in [7, 11) is 0. The molecular weight excluding hydrogens is 719 g/mol. The van der Waals surface area contributed by atoms with E-state index in [1.807, 2.05) is 11.3 Å². The number of benzene rings is 9. The molecule has 9 aromatic carbocycles. The molecule has 0 radical (unpaired) electrons. The van der Waals surface area contributed by atoms with Gasteiger partial charge in [-0.05, 0) is 106 Å². The normalized spacial score (nSPS) is 14.4. The van der Waals surface area contributed by atoms with Crippen molar-refractivity contribution in [3.63, 3.8) is 0 Å². The van der Waals surface area contributed by atoms with Crippen molar-refractivity contribution in [3.05, 3.63) is 246 Å². The Labute approximate surface area is 343 Å². The minimum absolute atomic E-state index is 0.492. The predicted octanol–water partition coefficient (Wildman–Crippen LogP) is 15.5. The van der Waals surface area contributed by atoms with E-state index in [9.17, 15) is 0 Å². The molecule has 0 bridgehead atoms. The molecule has 0 saturated heterocycles. The summed E-state index contributed by atoms with van der Waals surface area (Å²) >= 11 is 1.86. The van der Waals surface area contributed by atoms with Crippen molar-refractivity contribution in [2.24, 2.45) is 0 Å². The number of rotatable bonds is 7. The SMILES string of the molecule is Cc1ccc(C2(c3ccccc3)c3ccccc3-c3c(N(c4ccc(-c5ccccc5)cc4)c4ccc(-c5ccc6sc7ccccc7c6c5)cc4)cccc32)cc1. The van der Waals surface area contributed by atoms with E-state index in [2.05, 4.69) is 230 Å². The zero-order valence-electron chi connectivity index (χ0n) is 32.1. The van der Waals surface area contributed by atoms with Crippen molar-refractivity contribution in [3.8, 4) is 33.4 Å². The third-order valence-corrected chi connectivity index (χ3v) is 13.2. The topological polar surface area (TPSA) is 3.24 Å². The molecule has 2 heteroatoms. The minimum Gasteiger partial charge on any atom is -0.310 e. The molecular formula is C56H39NS. The first-order chi connectivity index (χ1) is 28.7. The minimum atomic E-state index is -0.492. The van der Waals surface area contributed by atoms with Gasteiger partial charge in [0.05, 0.1) is 11.1 Å². The second-order valence-corrected chi connectivity index (χ2v) is 16.4. The van der Waals surface area contributed by atoms with Crippen LogP contribution in [0.15, 0.2) is 218 Å². The van der Waals surface area contributed by atoms with Gasteiger partial charge in [0.2, 0.25) is 0 Å². The molecule has 1 aromatic heterocycles. The Morgan fingerprint density at radius 3 is 1.69 bits per heavy atom. The molecule has 1 nitrogen and oxygen atoms in total. The molecule has 10 aromatic rings. The van der Waals surface area contributed by atoms with Crippen LogP contribution >= 0.6 is 11.3 Å². The molecule has 58 heavy (non-hydrogen) atoms. The largest absolute Gasteiger partial charge is 0.310 e. The summed E-state index contributed by atoms with van der Waals surface area (Å²) < 4.78 is 2.65. The Morgan fingerprint density at radius 1 is 0.397 bits per heavy atom. The smallest absolute Gasteiger partial charge is 0.0714 e. The predicted molar refractivity (Wildman–Crippen MR) is 247 cm³/mol. The summed E-state index contributed by atoms with van der Waals surface area (Å²) in [5.41, 5.74) is 16.6. The number of nitrogens with zero attached hydrogens (tertiary/aromatic N) is 1. The van der Waals surface area contributed by atoms with Crippen LogP contribution in [0.5, 0.6) is 0 Å². The third kappa shape index (κ3) is 5.44. The van der Waals surface area contributed by atoms with Gasteiger partial charge in [-0.25, -0.2) is 0 Å². The van der Waals surface area contributed by atoms with E-state index in [0.29, 0.717) is 0 Å². The van der Waals surface area contributed by atoms with Crippen LogP contribution in [0.3, 0.4) is 0 Å². The molecule has 1 aliphatic carbocycles. The summed E-state index contributed by atoms with van der Waals surface area (Å²) in [6.45, 7) is 2.17. The van der Waals surface area contributed by atoms with Crippen LogP contribution in [0.1, 0.15) is 27.8 Å². The van der Waals surface area contributed by atoms with Crippen molar-refractivity contribution < 1.29 is 0 Å². The Morgan fingerprint density at radius 2 is 0.948 bits per heavy atom. The molecule has 0 amide bonds. The maximum absolute atomic E-state index is 2.46. The molecule has 0 N–H and O–H groups in total. The highest BCUT2D eigenvalue weighted by atomic mass is 32.1. The van der Waals surface area contributed by atoms with Crippen molar-refractivity contribution in [2.45, 2.75) is 12.3 Å². The van der Waals surface area contributed by atoms with E-state index in [-0.39, 0.29) is 0 Å². The average molecular weight is 758 g/mol. The monoisotopic (exact) mass is 757 g/mol. The second-order valence-electron chi connectivity index (χ2n) is 15.3. The molecule has 1 unspecified atom stereocenters. The zero-order chi connectivity index (χ0) is 38.6. The van der Waals surface area contributed by atoms with Gasteiger partial charge in [0.25, 0.3) is 0 Å². The maximum atomic E-state index is 2.46. The molecule has 1 aliphatic rings. The number of hydrogen-bond donors (Lipinski definition) is 0. The highest BCUT2D eigenvalue weighted by molar-refractivity contribution is 7.25. The Kier molecular flexibility index (Phi) is 8.20. The molecule has 0 spiro atoms. The average Bonchev–Trinajstić information content (AvgIpc) is 3.82. The van der Waals surface area contributed by atoms with Gasteiger partial charge < -0.3 is 4.90 Å². The van der Waals surface area contributed by atoms with Gasteiger partial charge in [0.15, 0.2) is 0 Å². The lowest BCUT2D eigenvalue weighted by molar-refractivity contribution is 0.768. The molecule has 0 saturated carbocycles. The van der Waals surface area contributed by atoms with Crippen molar-refractivity contribution in [1.82, 2.24) is 0 Å². The highest BCUT2D eigenvalue weighted by Gasteiger charge is 2.47. The molecule has 11 rings (SSSR count). The van der Waals surface area contributed by atoms with Crippen LogP contribution < -0.4 is 4.90 Å². The van der Waals surface area contributed by atoms with Crippen LogP contribution in [0.4, 0.5) is 17.1 Å². The van der Waals surface area contributed by atoms with E-state index >= 15 is 0 Å². The lowest BCUT2D eigenvalue weighted by atomic mass is 9.67. The lowest BCUT2D eigenvalue weighted by Gasteiger charge is -2.34. The first kappa shape index (κ1) is 34.3. The fraction of sp³-hybridized carbons (Fsp3) is 0.0357. The standard InChI is InChI=1S/C56H39NS/c1-38-23-30-44(31-24-38)56(43-15-6-3-7-16-43)50-19-10-8-18-48(50)55-51(56)20-12-21-52(55)57(45-32-25-40(26-33-45)39-13-4-2-5-14-39)46-34-27-41(28-35-46)42-29-36-54-49(37-42)47-17-9-11-22-53(47)58-54/h2-37H,1H3. The van der Waals surface area contributed by atoms with E-state index in [4.69, 9.17) is 0 Å². The third-order valence-electron chi connectivity index (χ3n) is 12.0. The van der Waals surface area contributed by atoms with Gasteiger partial charge in [0, 0.05) is 37.1 Å². The summed E-state index contributed by atoms with van der Waals surface area (Å²) in [6, 6.07) is 80.7. The molecule has 1 atom stereocenters. The molecule has 0 aliphatic heterocycles. The van der Waals surface area contributed by atoms with Crippen LogP contribution in [-0.2, 0) is 5.41 Å². The number of thiophene rings is 1. The van der Waals surface area contributed by atoms with Crippen LogP contribution in [0.25, 0.3) is 53.6 Å². The number of aryl methyl sites for hydroxylation is 1. The summed E-state index contributed by atoms with van der Waals surface area (Å²) in [6.07, 6.45) is 0. The first-order valence-corrected chi connectivity index (χ1v) is 20.8. The van der Waals surface area contributed by atoms with Crippen molar-refractivity contribution in [2.75, 3.05) is 4.90 Å². The summed E-state index contributed by atoms with van der Waals surface area (Å²) in [4.78, 5) is 2.46. The van der Waals surface area contributed by atoms with Gasteiger partial charge in [-0.15, -0.1) is 11.3 Å². The second kappa shape index (κ2) is 13.9. The quantitative estimate of drug-likeness (QED) is 0.156. The van der Waals surface area contributed by atoms with Crippen LogP contribution in [0, 0.1) is 6.92 Å². The highest BCUT2D eigenvalue weighted by Crippen LogP contribution is 2.59. The summed E-state index contributed by atoms with van der Waals surface area (Å²) in [5.74, 6) is 0. The van der Waals surface area contributed by atoms with E-state index in [1.54, 1.807) is 0 Å². The fourth-order valence-corrected chi connectivity index (χ4v) is 10.4. The van der Waals surface area contributed by atoms with E-state index < -0.39 is 5.41 Å². The van der Waals surface area contributed by atoms with Gasteiger partial charge in [-0.3, -0.25) is 0 Å². The number of anilines is 3. The molecule has 0 fully saturated rings. The van der Waals surface area contributed by atoms with Crippen LogP contribution in [0.2, 0.25) is 0 Å². The lowest BCUT2D eigenvalue weighted by Crippen LogP contribution is -2.28. The molecule has 1 heterocycles. The number of fused-ring (bicyclic) bond motifs is 6. The van der Waals surface area contributed by atoms with Gasteiger partial charge in [0.1, 0.15) is 0 Å². The Balaban J connectivity index is 1.11. The maximum Gasteiger partial charge on any atom is 0.0714 e. The van der Waals surface area contributed by atoms with Gasteiger partial charge in [-0.1, -0.05) is 175 Å². The first-order valence-electron chi connectivity index (χ1n) is 20.0. The van der Waals surface area contributed by atoms with Gasteiger partial charge >= 0.3 is 0 Å². The summed E-state index contributed by atoms with van der Waals surface area (Å²) in [5, 5.41) is 2.64. The van der Waals surface area contributed by atoms with Gasteiger partial charge in [-0.2, -0.15) is 0 Å². The van der Waals surface area contributed by atoms with Crippen molar-refractivity contribution in [1.29, 1.82) is 0 Å². The number of hydrogen-bond acceptors (Lipinski definition) is 2. The Bertz CT molecular complexity index is 3090. The fourth-order valence-electron chi connectivity index (χ4n) is 9.35.